The maximum Gasteiger partial charge on any atom is 0.269 e. The molecule has 0 radical (unpaired) electrons. The van der Waals surface area contributed by atoms with Crippen LogP contribution in [0, 0.1) is 6.92 Å². The molecule has 1 aromatic carbocycles. The Labute approximate surface area is 140 Å². The highest BCUT2D eigenvalue weighted by atomic mass is 16.5. The van der Waals surface area contributed by atoms with Gasteiger partial charge in [0.15, 0.2) is 0 Å². The summed E-state index contributed by atoms with van der Waals surface area (Å²) >= 11 is 0. The van der Waals surface area contributed by atoms with Gasteiger partial charge in [0.1, 0.15) is 0 Å². The number of H-pyrrole nitrogens is 1. The van der Waals surface area contributed by atoms with E-state index >= 15 is 0 Å². The van der Waals surface area contributed by atoms with Crippen LogP contribution in [0.5, 0.6) is 0 Å². The highest BCUT2D eigenvalue weighted by Crippen LogP contribution is 2.33. The molecule has 6 heteroatoms. The summed E-state index contributed by atoms with van der Waals surface area (Å²) in [7, 11) is 0. The molecule has 0 bridgehead atoms. The number of nitrogens with one attached hydrogen (secondary N) is 2. The molecule has 0 aliphatic carbocycles. The van der Waals surface area contributed by atoms with E-state index in [2.05, 4.69) is 38.6 Å². The predicted molar refractivity (Wildman–Crippen MR) is 93.4 cm³/mol. The Morgan fingerprint density at radius 1 is 1.38 bits per heavy atom. The third-order valence-electron chi connectivity index (χ3n) is 4.92. The number of aromatic nitrogens is 2. The van der Waals surface area contributed by atoms with E-state index in [0.717, 1.165) is 44.8 Å². The largest absolute Gasteiger partial charge is 0.380 e. The number of aromatic amines is 1. The molecule has 0 amide bonds. The van der Waals surface area contributed by atoms with Crippen molar-refractivity contribution in [2.45, 2.75) is 38.9 Å². The summed E-state index contributed by atoms with van der Waals surface area (Å²) in [5.41, 5.74) is 5.29. The third-order valence-corrected chi connectivity index (χ3v) is 4.92. The first kappa shape index (κ1) is 15.2. The van der Waals surface area contributed by atoms with E-state index in [0.29, 0.717) is 11.6 Å². The van der Waals surface area contributed by atoms with Gasteiger partial charge in [-0.25, -0.2) is 5.10 Å². The van der Waals surface area contributed by atoms with Crippen LogP contribution in [0.15, 0.2) is 29.2 Å². The Morgan fingerprint density at radius 3 is 3.12 bits per heavy atom. The SMILES string of the molecule is Cc1c(N2Cc3cccc(NC4CCCOC4)c3C2)cn[nH]c1=O. The van der Waals surface area contributed by atoms with Gasteiger partial charge >= 0.3 is 0 Å². The number of rotatable bonds is 3. The third kappa shape index (κ3) is 2.78. The van der Waals surface area contributed by atoms with E-state index in [9.17, 15) is 4.79 Å². The summed E-state index contributed by atoms with van der Waals surface area (Å²) in [5, 5.41) is 10.1. The average molecular weight is 326 g/mol. The van der Waals surface area contributed by atoms with Crippen LogP contribution >= 0.6 is 0 Å². The van der Waals surface area contributed by atoms with Crippen LogP contribution in [0.25, 0.3) is 0 Å². The van der Waals surface area contributed by atoms with Crippen LogP contribution < -0.4 is 15.8 Å². The molecule has 1 aromatic heterocycles. The summed E-state index contributed by atoms with van der Waals surface area (Å²) in [6.45, 7) is 5.07. The molecule has 2 aromatic rings. The summed E-state index contributed by atoms with van der Waals surface area (Å²) in [6.07, 6.45) is 3.99. The number of hydrogen-bond donors (Lipinski definition) is 2. The van der Waals surface area contributed by atoms with Gasteiger partial charge in [0.25, 0.3) is 5.56 Å². The first-order valence-corrected chi connectivity index (χ1v) is 8.46. The molecule has 0 saturated carbocycles. The summed E-state index contributed by atoms with van der Waals surface area (Å²) < 4.78 is 5.57. The molecule has 24 heavy (non-hydrogen) atoms. The molecule has 1 unspecified atom stereocenters. The number of benzene rings is 1. The monoisotopic (exact) mass is 326 g/mol. The molecule has 0 spiro atoms. The van der Waals surface area contributed by atoms with Gasteiger partial charge in [-0.1, -0.05) is 12.1 Å². The lowest BCUT2D eigenvalue weighted by Gasteiger charge is -2.25. The number of nitrogens with zero attached hydrogens (tertiary/aromatic N) is 2. The van der Waals surface area contributed by atoms with E-state index in [4.69, 9.17) is 4.74 Å². The summed E-state index contributed by atoms with van der Waals surface area (Å²) in [4.78, 5) is 14.0. The number of fused-ring (bicyclic) bond motifs is 1. The second-order valence-corrected chi connectivity index (χ2v) is 6.57. The lowest BCUT2D eigenvalue weighted by atomic mass is 10.1. The molecular formula is C18H22N4O2. The zero-order valence-corrected chi connectivity index (χ0v) is 13.8. The first-order valence-electron chi connectivity index (χ1n) is 8.46. The van der Waals surface area contributed by atoms with E-state index in [1.165, 1.54) is 16.8 Å². The van der Waals surface area contributed by atoms with Gasteiger partial charge in [-0.15, -0.1) is 0 Å². The van der Waals surface area contributed by atoms with Gasteiger partial charge in [0.2, 0.25) is 0 Å². The molecule has 2 aliphatic heterocycles. The topological polar surface area (TPSA) is 70.2 Å². The highest BCUT2D eigenvalue weighted by Gasteiger charge is 2.25. The molecule has 1 saturated heterocycles. The summed E-state index contributed by atoms with van der Waals surface area (Å²) in [6, 6.07) is 6.77. The fourth-order valence-electron chi connectivity index (χ4n) is 3.57. The van der Waals surface area contributed by atoms with Gasteiger partial charge in [-0.3, -0.25) is 4.79 Å². The first-order chi connectivity index (χ1) is 11.7. The Hall–Kier alpha value is -2.34. The molecule has 4 rings (SSSR count). The van der Waals surface area contributed by atoms with Crippen LogP contribution in [0.1, 0.15) is 29.5 Å². The van der Waals surface area contributed by atoms with E-state index in [-0.39, 0.29) is 5.56 Å². The average Bonchev–Trinajstić information content (AvgIpc) is 3.03. The predicted octanol–water partition coefficient (Wildman–Crippen LogP) is 2.19. The Morgan fingerprint density at radius 2 is 2.29 bits per heavy atom. The highest BCUT2D eigenvalue weighted by molar-refractivity contribution is 5.63. The fraction of sp³-hybridized carbons (Fsp3) is 0.444. The maximum atomic E-state index is 11.8. The zero-order chi connectivity index (χ0) is 16.5. The van der Waals surface area contributed by atoms with Crippen molar-refractivity contribution >= 4 is 11.4 Å². The van der Waals surface area contributed by atoms with Crippen LogP contribution in [-0.2, 0) is 17.8 Å². The number of anilines is 2. The van der Waals surface area contributed by atoms with Crippen LogP contribution in [0.3, 0.4) is 0 Å². The van der Waals surface area contributed by atoms with Crippen molar-refractivity contribution in [2.75, 3.05) is 23.4 Å². The maximum absolute atomic E-state index is 11.8. The van der Waals surface area contributed by atoms with Gasteiger partial charge in [-0.2, -0.15) is 5.10 Å². The van der Waals surface area contributed by atoms with Crippen LogP contribution in [0.2, 0.25) is 0 Å². The Kier molecular flexibility index (Phi) is 3.98. The minimum Gasteiger partial charge on any atom is -0.380 e. The summed E-state index contributed by atoms with van der Waals surface area (Å²) in [5.74, 6) is 0. The van der Waals surface area contributed by atoms with Gasteiger partial charge in [0.05, 0.1) is 18.5 Å². The van der Waals surface area contributed by atoms with Crippen LogP contribution in [0.4, 0.5) is 11.4 Å². The minimum absolute atomic E-state index is 0.124. The molecule has 126 valence electrons. The molecule has 1 fully saturated rings. The van der Waals surface area contributed by atoms with Crippen molar-refractivity contribution in [1.82, 2.24) is 10.2 Å². The molecule has 3 heterocycles. The molecule has 1 atom stereocenters. The van der Waals surface area contributed by atoms with E-state index < -0.39 is 0 Å². The van der Waals surface area contributed by atoms with Crippen molar-refractivity contribution in [3.8, 4) is 0 Å². The molecule has 6 nitrogen and oxygen atoms in total. The van der Waals surface area contributed by atoms with Gasteiger partial charge < -0.3 is 15.0 Å². The smallest absolute Gasteiger partial charge is 0.269 e. The van der Waals surface area contributed by atoms with Crippen molar-refractivity contribution < 1.29 is 4.74 Å². The number of hydrogen-bond acceptors (Lipinski definition) is 5. The van der Waals surface area contributed by atoms with E-state index in [1.54, 1.807) is 6.20 Å². The van der Waals surface area contributed by atoms with Gasteiger partial charge in [0, 0.05) is 37.0 Å². The van der Waals surface area contributed by atoms with Crippen LogP contribution in [-0.4, -0.2) is 29.5 Å². The lowest BCUT2D eigenvalue weighted by Crippen LogP contribution is -2.30. The minimum atomic E-state index is -0.124. The Bertz CT molecular complexity index is 796. The second kappa shape index (κ2) is 6.28. The van der Waals surface area contributed by atoms with Crippen molar-refractivity contribution in [1.29, 1.82) is 0 Å². The lowest BCUT2D eigenvalue weighted by molar-refractivity contribution is 0.0876. The normalized spacial score (nSPS) is 20.0. The van der Waals surface area contributed by atoms with Crippen molar-refractivity contribution in [2.24, 2.45) is 0 Å². The van der Waals surface area contributed by atoms with Crippen molar-refractivity contribution in [3.05, 3.63) is 51.4 Å². The standard InChI is InChI=1S/C18H22N4O2/c1-12-17(8-19-21-18(12)23)22-9-13-4-2-6-16(15(13)10-22)20-14-5-3-7-24-11-14/h2,4,6,8,14,20H,3,5,7,9-11H2,1H3,(H,21,23). The van der Waals surface area contributed by atoms with E-state index in [1.807, 2.05) is 6.92 Å². The quantitative estimate of drug-likeness (QED) is 0.905. The zero-order valence-electron chi connectivity index (χ0n) is 13.8. The molecular weight excluding hydrogens is 304 g/mol. The molecule has 2 aliphatic rings. The van der Waals surface area contributed by atoms with Crippen molar-refractivity contribution in [3.63, 3.8) is 0 Å². The second-order valence-electron chi connectivity index (χ2n) is 6.57. The fourth-order valence-corrected chi connectivity index (χ4v) is 3.57. The Balaban J connectivity index is 1.59. The number of ether oxygens (including phenoxy) is 1. The molecule has 2 N–H and O–H groups in total. The van der Waals surface area contributed by atoms with Gasteiger partial charge in [-0.05, 0) is 37.0 Å².